The Labute approximate surface area is 123 Å². The number of cyclic esters (lactones) is 1. The summed E-state index contributed by atoms with van der Waals surface area (Å²) in [5, 5.41) is 0. The van der Waals surface area contributed by atoms with E-state index in [2.05, 4.69) is 0 Å². The third-order valence-electron chi connectivity index (χ3n) is 4.52. The number of carbonyl (C=O) groups is 2. The van der Waals surface area contributed by atoms with Crippen LogP contribution >= 0.6 is 0 Å². The molecule has 2 fully saturated rings. The van der Waals surface area contributed by atoms with Gasteiger partial charge in [0.25, 0.3) is 0 Å². The topological polar surface area (TPSA) is 61.8 Å². The van der Waals surface area contributed by atoms with Crippen LogP contribution in [0.15, 0.2) is 30.3 Å². The number of hydrogen-bond donors (Lipinski definition) is 0. The SMILES string of the molecule is COC(=O)[C@]12CC[C@@H](OCc3ccccc3)[C@H]1COC2=O. The molecule has 3 atom stereocenters. The van der Waals surface area contributed by atoms with Crippen LogP contribution in [0.4, 0.5) is 0 Å². The maximum atomic E-state index is 12.1. The summed E-state index contributed by atoms with van der Waals surface area (Å²) in [6.45, 7) is 0.695. The number of ether oxygens (including phenoxy) is 3. The lowest BCUT2D eigenvalue weighted by atomic mass is 9.79. The lowest BCUT2D eigenvalue weighted by Gasteiger charge is -2.23. The Balaban J connectivity index is 1.72. The molecule has 1 aromatic rings. The lowest BCUT2D eigenvalue weighted by molar-refractivity contribution is -0.164. The van der Waals surface area contributed by atoms with Crippen LogP contribution in [-0.4, -0.2) is 31.8 Å². The van der Waals surface area contributed by atoms with Crippen molar-refractivity contribution in [3.8, 4) is 0 Å². The van der Waals surface area contributed by atoms with E-state index in [1.54, 1.807) is 0 Å². The molecule has 0 bridgehead atoms. The van der Waals surface area contributed by atoms with Crippen LogP contribution in [0, 0.1) is 11.3 Å². The summed E-state index contributed by atoms with van der Waals surface area (Å²) >= 11 is 0. The van der Waals surface area contributed by atoms with Crippen LogP contribution in [0.3, 0.4) is 0 Å². The Morgan fingerprint density at radius 1 is 1.38 bits per heavy atom. The molecule has 0 spiro atoms. The van der Waals surface area contributed by atoms with E-state index >= 15 is 0 Å². The fourth-order valence-electron chi connectivity index (χ4n) is 3.37. The summed E-state index contributed by atoms with van der Waals surface area (Å²) < 4.78 is 15.9. The van der Waals surface area contributed by atoms with Gasteiger partial charge in [-0.3, -0.25) is 9.59 Å². The summed E-state index contributed by atoms with van der Waals surface area (Å²) in [6, 6.07) is 9.82. The van der Waals surface area contributed by atoms with E-state index in [1.165, 1.54) is 7.11 Å². The Kier molecular flexibility index (Phi) is 3.68. The van der Waals surface area contributed by atoms with Crippen LogP contribution in [-0.2, 0) is 30.4 Å². The minimum absolute atomic E-state index is 0.157. The number of benzene rings is 1. The van der Waals surface area contributed by atoms with Gasteiger partial charge in [0.1, 0.15) is 0 Å². The second-order valence-electron chi connectivity index (χ2n) is 5.54. The molecule has 1 saturated heterocycles. The van der Waals surface area contributed by atoms with E-state index in [1.807, 2.05) is 30.3 Å². The second kappa shape index (κ2) is 5.48. The molecule has 1 aliphatic carbocycles. The molecule has 5 heteroatoms. The molecule has 3 rings (SSSR count). The quantitative estimate of drug-likeness (QED) is 0.624. The normalized spacial score (nSPS) is 30.8. The maximum Gasteiger partial charge on any atom is 0.324 e. The minimum atomic E-state index is -1.16. The Hall–Kier alpha value is -1.88. The maximum absolute atomic E-state index is 12.1. The molecule has 0 amide bonds. The summed E-state index contributed by atoms with van der Waals surface area (Å²) in [5.74, 6) is -1.22. The number of methoxy groups -OCH3 is 1. The predicted octanol–water partition coefficient (Wildman–Crippen LogP) is 1.70. The zero-order chi connectivity index (χ0) is 14.9. The van der Waals surface area contributed by atoms with E-state index in [4.69, 9.17) is 14.2 Å². The van der Waals surface area contributed by atoms with Crippen molar-refractivity contribution < 1.29 is 23.8 Å². The predicted molar refractivity (Wildman–Crippen MR) is 73.2 cm³/mol. The third-order valence-corrected chi connectivity index (χ3v) is 4.52. The first kappa shape index (κ1) is 14.1. The first-order valence-electron chi connectivity index (χ1n) is 7.09. The highest BCUT2D eigenvalue weighted by molar-refractivity contribution is 6.02. The van der Waals surface area contributed by atoms with Gasteiger partial charge in [-0.05, 0) is 18.4 Å². The molecule has 0 N–H and O–H groups in total. The molecule has 2 aliphatic rings. The molecule has 1 heterocycles. The summed E-state index contributed by atoms with van der Waals surface area (Å²) in [6.07, 6.45) is 0.945. The van der Waals surface area contributed by atoms with Gasteiger partial charge >= 0.3 is 11.9 Å². The number of fused-ring (bicyclic) bond motifs is 1. The highest BCUT2D eigenvalue weighted by atomic mass is 16.6. The zero-order valence-electron chi connectivity index (χ0n) is 11.9. The van der Waals surface area contributed by atoms with Crippen molar-refractivity contribution in [1.29, 1.82) is 0 Å². The molecule has 0 aromatic heterocycles. The minimum Gasteiger partial charge on any atom is -0.468 e. The standard InChI is InChI=1S/C16H18O5/c1-19-14(17)16-8-7-13(12(16)10-21-15(16)18)20-9-11-5-3-2-4-6-11/h2-6,12-13H,7-10H2,1H3/t12-,13-,16+/m1/s1. The smallest absolute Gasteiger partial charge is 0.324 e. The highest BCUT2D eigenvalue weighted by Gasteiger charge is 2.65. The van der Waals surface area contributed by atoms with Crippen molar-refractivity contribution in [2.75, 3.05) is 13.7 Å². The molecule has 1 saturated carbocycles. The molecule has 21 heavy (non-hydrogen) atoms. The van der Waals surface area contributed by atoms with Gasteiger partial charge in [-0.15, -0.1) is 0 Å². The van der Waals surface area contributed by atoms with Crippen molar-refractivity contribution in [3.05, 3.63) is 35.9 Å². The Morgan fingerprint density at radius 2 is 2.14 bits per heavy atom. The largest absolute Gasteiger partial charge is 0.468 e. The van der Waals surface area contributed by atoms with Gasteiger partial charge in [0.15, 0.2) is 5.41 Å². The summed E-state index contributed by atoms with van der Waals surface area (Å²) in [4.78, 5) is 24.1. The Bertz CT molecular complexity index is 541. The molecular weight excluding hydrogens is 272 g/mol. The van der Waals surface area contributed by atoms with E-state index in [0.29, 0.717) is 19.4 Å². The van der Waals surface area contributed by atoms with E-state index in [9.17, 15) is 9.59 Å². The van der Waals surface area contributed by atoms with E-state index < -0.39 is 17.4 Å². The first-order chi connectivity index (χ1) is 10.2. The van der Waals surface area contributed by atoms with E-state index in [0.717, 1.165) is 5.56 Å². The van der Waals surface area contributed by atoms with Gasteiger partial charge in [-0.1, -0.05) is 30.3 Å². The van der Waals surface area contributed by atoms with Crippen LogP contribution < -0.4 is 0 Å². The molecule has 1 aliphatic heterocycles. The molecular formula is C16H18O5. The fourth-order valence-corrected chi connectivity index (χ4v) is 3.37. The van der Waals surface area contributed by atoms with Crippen LogP contribution in [0.25, 0.3) is 0 Å². The second-order valence-corrected chi connectivity index (χ2v) is 5.54. The van der Waals surface area contributed by atoms with Gasteiger partial charge in [-0.25, -0.2) is 0 Å². The number of esters is 2. The first-order valence-corrected chi connectivity index (χ1v) is 7.09. The molecule has 112 valence electrons. The van der Waals surface area contributed by atoms with Gasteiger partial charge in [0, 0.05) is 5.92 Å². The van der Waals surface area contributed by atoms with Crippen LogP contribution in [0.2, 0.25) is 0 Å². The van der Waals surface area contributed by atoms with Gasteiger partial charge in [0.2, 0.25) is 0 Å². The monoisotopic (exact) mass is 290 g/mol. The fraction of sp³-hybridized carbons (Fsp3) is 0.500. The van der Waals surface area contributed by atoms with Crippen LogP contribution in [0.1, 0.15) is 18.4 Å². The summed E-state index contributed by atoms with van der Waals surface area (Å²) in [5.41, 5.74) is -0.0888. The van der Waals surface area contributed by atoms with Crippen molar-refractivity contribution in [2.24, 2.45) is 11.3 Å². The molecule has 0 radical (unpaired) electrons. The molecule has 1 aromatic carbocycles. The van der Waals surface area contributed by atoms with Crippen LogP contribution in [0.5, 0.6) is 0 Å². The number of rotatable bonds is 4. The average molecular weight is 290 g/mol. The zero-order valence-corrected chi connectivity index (χ0v) is 11.9. The number of carbonyl (C=O) groups excluding carboxylic acids is 2. The highest BCUT2D eigenvalue weighted by Crippen LogP contribution is 2.50. The number of hydrogen-bond acceptors (Lipinski definition) is 5. The van der Waals surface area contributed by atoms with Gasteiger partial charge in [-0.2, -0.15) is 0 Å². The molecule has 0 unspecified atom stereocenters. The molecule has 5 nitrogen and oxygen atoms in total. The van der Waals surface area contributed by atoms with Crippen molar-refractivity contribution >= 4 is 11.9 Å². The van der Waals surface area contributed by atoms with Crippen molar-refractivity contribution in [1.82, 2.24) is 0 Å². The van der Waals surface area contributed by atoms with Gasteiger partial charge < -0.3 is 14.2 Å². The lowest BCUT2D eigenvalue weighted by Crippen LogP contribution is -2.41. The van der Waals surface area contributed by atoms with Gasteiger partial charge in [0.05, 0.1) is 26.4 Å². The summed E-state index contributed by atoms with van der Waals surface area (Å²) in [7, 11) is 1.30. The average Bonchev–Trinajstić information content (AvgIpc) is 3.05. The van der Waals surface area contributed by atoms with Crippen molar-refractivity contribution in [3.63, 3.8) is 0 Å². The Morgan fingerprint density at radius 3 is 2.86 bits per heavy atom. The van der Waals surface area contributed by atoms with E-state index in [-0.39, 0.29) is 18.6 Å². The third kappa shape index (κ3) is 2.21. The van der Waals surface area contributed by atoms with Crippen molar-refractivity contribution in [2.45, 2.75) is 25.6 Å².